The van der Waals surface area contributed by atoms with E-state index in [2.05, 4.69) is 4.72 Å². The van der Waals surface area contributed by atoms with Gasteiger partial charge in [-0.05, 0) is 55.3 Å². The molecule has 0 atom stereocenters. The molecule has 2 aromatic rings. The summed E-state index contributed by atoms with van der Waals surface area (Å²) in [7, 11) is -3.65. The predicted octanol–water partition coefficient (Wildman–Crippen LogP) is 2.95. The van der Waals surface area contributed by atoms with Gasteiger partial charge in [0.05, 0.1) is 15.6 Å². The third kappa shape index (κ3) is 3.97. The molecule has 0 radical (unpaired) electrons. The number of hydrogen-bond acceptors (Lipinski definition) is 3. The molecule has 0 unspecified atom stereocenters. The van der Waals surface area contributed by atoms with E-state index in [1.807, 2.05) is 13.0 Å². The lowest BCUT2D eigenvalue weighted by Crippen LogP contribution is -2.13. The zero-order valence-corrected chi connectivity index (χ0v) is 13.2. The predicted molar refractivity (Wildman–Crippen MR) is 86.2 cm³/mol. The summed E-state index contributed by atoms with van der Waals surface area (Å²) in [5.74, 6) is 0. The molecule has 0 saturated heterocycles. The normalized spacial score (nSPS) is 11.4. The fraction of sp³-hybridized carbons (Fsp3) is 0.200. The van der Waals surface area contributed by atoms with E-state index in [0.29, 0.717) is 17.3 Å². The van der Waals surface area contributed by atoms with Crippen LogP contribution in [0.3, 0.4) is 0 Å². The Morgan fingerprint density at radius 2 is 1.81 bits per heavy atom. The van der Waals surface area contributed by atoms with Gasteiger partial charge in [-0.3, -0.25) is 4.72 Å². The highest BCUT2D eigenvalue weighted by Gasteiger charge is 2.15. The Balaban J connectivity index is 2.27. The summed E-state index contributed by atoms with van der Waals surface area (Å²) >= 11 is 6.02. The number of nitrogens with one attached hydrogen (secondary N) is 1. The highest BCUT2D eigenvalue weighted by atomic mass is 35.5. The maximum absolute atomic E-state index is 12.3. The van der Waals surface area contributed by atoms with Crippen molar-refractivity contribution in [2.45, 2.75) is 18.2 Å². The first-order chi connectivity index (χ1) is 9.92. The van der Waals surface area contributed by atoms with Gasteiger partial charge in [-0.25, -0.2) is 8.42 Å². The van der Waals surface area contributed by atoms with Gasteiger partial charge in [0.25, 0.3) is 10.0 Å². The van der Waals surface area contributed by atoms with E-state index in [-0.39, 0.29) is 4.90 Å². The summed E-state index contributed by atoms with van der Waals surface area (Å²) in [6.45, 7) is 2.40. The van der Waals surface area contributed by atoms with Gasteiger partial charge in [-0.1, -0.05) is 29.8 Å². The van der Waals surface area contributed by atoms with Gasteiger partial charge in [0.15, 0.2) is 0 Å². The zero-order valence-electron chi connectivity index (χ0n) is 11.6. The summed E-state index contributed by atoms with van der Waals surface area (Å²) in [6, 6.07) is 11.8. The molecule has 0 aliphatic rings. The van der Waals surface area contributed by atoms with Gasteiger partial charge in [0.1, 0.15) is 0 Å². The van der Waals surface area contributed by atoms with Crippen molar-refractivity contribution in [3.05, 3.63) is 58.6 Å². The van der Waals surface area contributed by atoms with E-state index in [1.54, 1.807) is 36.4 Å². The first-order valence-corrected chi connectivity index (χ1v) is 8.36. The monoisotopic (exact) mass is 324 g/mol. The number of hydrogen-bond donors (Lipinski definition) is 2. The SMILES string of the molecule is Cc1ccc(Cl)c(NS(=O)(=O)c2ccc(CCN)cc2)c1. The van der Waals surface area contributed by atoms with E-state index in [1.165, 1.54) is 0 Å². The van der Waals surface area contributed by atoms with Crippen LogP contribution in [0.25, 0.3) is 0 Å². The number of nitrogens with two attached hydrogens (primary N) is 1. The van der Waals surface area contributed by atoms with Gasteiger partial charge in [-0.2, -0.15) is 0 Å². The Labute approximate surface area is 130 Å². The van der Waals surface area contributed by atoms with E-state index in [9.17, 15) is 8.42 Å². The highest BCUT2D eigenvalue weighted by Crippen LogP contribution is 2.25. The van der Waals surface area contributed by atoms with E-state index >= 15 is 0 Å². The van der Waals surface area contributed by atoms with Crippen molar-refractivity contribution < 1.29 is 8.42 Å². The molecule has 4 nitrogen and oxygen atoms in total. The molecule has 0 bridgehead atoms. The number of rotatable bonds is 5. The molecule has 0 heterocycles. The molecule has 0 aromatic heterocycles. The second kappa shape index (κ2) is 6.47. The van der Waals surface area contributed by atoms with E-state index in [0.717, 1.165) is 17.5 Å². The van der Waals surface area contributed by atoms with Crippen LogP contribution in [0.15, 0.2) is 47.4 Å². The maximum atomic E-state index is 12.3. The van der Waals surface area contributed by atoms with E-state index in [4.69, 9.17) is 17.3 Å². The topological polar surface area (TPSA) is 72.2 Å². The molecule has 0 saturated carbocycles. The molecule has 2 rings (SSSR count). The second-order valence-corrected chi connectivity index (χ2v) is 6.86. The molecule has 3 N–H and O–H groups in total. The maximum Gasteiger partial charge on any atom is 0.261 e. The lowest BCUT2D eigenvalue weighted by Gasteiger charge is -2.11. The number of halogens is 1. The zero-order chi connectivity index (χ0) is 15.5. The Kier molecular flexibility index (Phi) is 4.88. The van der Waals surface area contributed by atoms with E-state index < -0.39 is 10.0 Å². The fourth-order valence-electron chi connectivity index (χ4n) is 1.92. The molecular weight excluding hydrogens is 308 g/mol. The number of sulfonamides is 1. The lowest BCUT2D eigenvalue weighted by molar-refractivity contribution is 0.601. The van der Waals surface area contributed by atoms with Crippen molar-refractivity contribution >= 4 is 27.3 Å². The number of aryl methyl sites for hydroxylation is 1. The minimum absolute atomic E-state index is 0.195. The third-order valence-corrected chi connectivity index (χ3v) is 4.74. The van der Waals surface area contributed by atoms with Crippen LogP contribution in [0.2, 0.25) is 5.02 Å². The molecule has 0 aliphatic heterocycles. The summed E-state index contributed by atoms with van der Waals surface area (Å²) < 4.78 is 27.2. The fourth-order valence-corrected chi connectivity index (χ4v) is 3.21. The molecule has 0 spiro atoms. The molecule has 21 heavy (non-hydrogen) atoms. The standard InChI is InChI=1S/C15H17ClN2O2S/c1-11-2-7-14(16)15(10-11)18-21(19,20)13-5-3-12(4-6-13)8-9-17/h2-7,10,18H,8-9,17H2,1H3. The minimum atomic E-state index is -3.65. The summed E-state index contributed by atoms with van der Waals surface area (Å²) in [4.78, 5) is 0.195. The minimum Gasteiger partial charge on any atom is -0.330 e. The largest absolute Gasteiger partial charge is 0.330 e. The van der Waals surface area contributed by atoms with Gasteiger partial charge in [0, 0.05) is 0 Å². The molecule has 2 aromatic carbocycles. The molecule has 6 heteroatoms. The van der Waals surface area contributed by atoms with Gasteiger partial charge in [0.2, 0.25) is 0 Å². The number of anilines is 1. The van der Waals surface area contributed by atoms with Crippen molar-refractivity contribution in [1.29, 1.82) is 0 Å². The smallest absolute Gasteiger partial charge is 0.261 e. The molecular formula is C15H17ClN2O2S. The van der Waals surface area contributed by atoms with Crippen molar-refractivity contribution in [3.8, 4) is 0 Å². The van der Waals surface area contributed by atoms with Crippen molar-refractivity contribution in [2.24, 2.45) is 5.73 Å². The van der Waals surface area contributed by atoms with Crippen LogP contribution in [-0.2, 0) is 16.4 Å². The van der Waals surface area contributed by atoms with Gasteiger partial charge < -0.3 is 5.73 Å². The van der Waals surface area contributed by atoms with Crippen molar-refractivity contribution in [1.82, 2.24) is 0 Å². The first kappa shape index (κ1) is 15.8. The van der Waals surface area contributed by atoms with Crippen molar-refractivity contribution in [2.75, 3.05) is 11.3 Å². The summed E-state index contributed by atoms with van der Waals surface area (Å²) in [5, 5.41) is 0.365. The Morgan fingerprint density at radius 3 is 2.43 bits per heavy atom. The lowest BCUT2D eigenvalue weighted by atomic mass is 10.2. The third-order valence-electron chi connectivity index (χ3n) is 3.03. The van der Waals surface area contributed by atoms with Crippen LogP contribution in [0.5, 0.6) is 0 Å². The Bertz CT molecular complexity index is 728. The number of benzene rings is 2. The quantitative estimate of drug-likeness (QED) is 0.888. The van der Waals surface area contributed by atoms with Crippen LogP contribution in [-0.4, -0.2) is 15.0 Å². The molecule has 0 aliphatic carbocycles. The molecule has 0 fully saturated rings. The molecule has 112 valence electrons. The van der Waals surface area contributed by atoms with Crippen molar-refractivity contribution in [3.63, 3.8) is 0 Å². The summed E-state index contributed by atoms with van der Waals surface area (Å²) in [5.41, 5.74) is 7.78. The van der Waals surface area contributed by atoms with Crippen LogP contribution >= 0.6 is 11.6 Å². The van der Waals surface area contributed by atoms with Gasteiger partial charge in [-0.15, -0.1) is 0 Å². The average molecular weight is 325 g/mol. The molecule has 0 amide bonds. The Morgan fingerprint density at radius 1 is 1.14 bits per heavy atom. The highest BCUT2D eigenvalue weighted by molar-refractivity contribution is 7.92. The van der Waals surface area contributed by atoms with Gasteiger partial charge >= 0.3 is 0 Å². The van der Waals surface area contributed by atoms with Crippen LogP contribution in [0, 0.1) is 6.92 Å². The second-order valence-electron chi connectivity index (χ2n) is 4.77. The summed E-state index contributed by atoms with van der Waals surface area (Å²) in [6.07, 6.45) is 0.720. The average Bonchev–Trinajstić information content (AvgIpc) is 2.44. The van der Waals surface area contributed by atoms with Crippen LogP contribution in [0.4, 0.5) is 5.69 Å². The van der Waals surface area contributed by atoms with Crippen LogP contribution < -0.4 is 10.5 Å². The first-order valence-electron chi connectivity index (χ1n) is 6.50. The van der Waals surface area contributed by atoms with Crippen LogP contribution in [0.1, 0.15) is 11.1 Å². The Hall–Kier alpha value is -1.56.